The number of hydrogen-bond acceptors (Lipinski definition) is 0. The molecule has 114 valence electrons. The molecule has 1 rings (SSSR count). The normalized spacial score (nSPS) is 16.0. The first kappa shape index (κ1) is 19.4. The number of hydrogen-bond donors (Lipinski definition) is 0. The molecule has 20 heavy (non-hydrogen) atoms. The zero-order valence-corrected chi connectivity index (χ0v) is 17.7. The van der Waals surface area contributed by atoms with Crippen molar-refractivity contribution in [2.75, 3.05) is 0 Å². The van der Waals surface area contributed by atoms with Crippen LogP contribution in [0.2, 0.25) is 0 Å². The van der Waals surface area contributed by atoms with E-state index in [0.717, 1.165) is 24.0 Å². The average Bonchev–Trinajstić information content (AvgIpc) is 2.29. The highest BCUT2D eigenvalue weighted by Crippen LogP contribution is 2.41. The molecule has 0 N–H and O–H groups in total. The smallest absolute Gasteiger partial charge is 0.125 e. The molecule has 0 aromatic heterocycles. The summed E-state index contributed by atoms with van der Waals surface area (Å²) in [6.07, 6.45) is 1.61. The average molecular weight is 429 g/mol. The molecule has 0 aliphatic carbocycles. The third kappa shape index (κ3) is 5.24. The molecule has 0 aliphatic heterocycles. The first-order valence-corrected chi connectivity index (χ1v) is 16.6. The van der Waals surface area contributed by atoms with Crippen LogP contribution in [0.3, 0.4) is 0 Å². The fourth-order valence-corrected chi connectivity index (χ4v) is 9.38. The highest BCUT2D eigenvalue weighted by molar-refractivity contribution is 7.65. The molecule has 2 atom stereocenters. The quantitative estimate of drug-likeness (QED) is 0.336. The Morgan fingerprint density at radius 1 is 0.700 bits per heavy atom. The van der Waals surface area contributed by atoms with Crippen LogP contribution in [0.25, 0.3) is 0 Å². The van der Waals surface area contributed by atoms with E-state index in [4.69, 9.17) is 66.5 Å². The second kappa shape index (κ2) is 7.78. The van der Waals surface area contributed by atoms with E-state index in [-0.39, 0.29) is 11.1 Å². The van der Waals surface area contributed by atoms with Crippen molar-refractivity contribution in [3.63, 3.8) is 0 Å². The lowest BCUT2D eigenvalue weighted by atomic mass is 10.0. The second-order valence-corrected chi connectivity index (χ2v) is 22.4. The lowest BCUT2D eigenvalue weighted by Gasteiger charge is -2.24. The molecule has 0 aliphatic rings. The minimum atomic E-state index is -2.77. The van der Waals surface area contributed by atoms with E-state index in [0.29, 0.717) is 0 Å². The van der Waals surface area contributed by atoms with Crippen LogP contribution in [0.4, 0.5) is 0 Å². The van der Waals surface area contributed by atoms with Crippen molar-refractivity contribution < 1.29 is 0 Å². The third-order valence-electron chi connectivity index (χ3n) is 3.35. The number of benzene rings is 1. The van der Waals surface area contributed by atoms with Gasteiger partial charge in [-0.05, 0) is 24.0 Å². The number of rotatable bonds is 6. The van der Waals surface area contributed by atoms with Crippen LogP contribution in [-0.2, 0) is 0 Å². The maximum Gasteiger partial charge on any atom is 0.348 e. The molecule has 0 amide bonds. The summed E-state index contributed by atoms with van der Waals surface area (Å²) < 4.78 is 0. The first-order valence-electron chi connectivity index (χ1n) is 6.34. The molecule has 8 heteroatoms. The molecular weight excluding hydrogens is 413 g/mol. The van der Waals surface area contributed by atoms with Crippen LogP contribution >= 0.6 is 66.5 Å². The Morgan fingerprint density at radius 2 is 0.950 bits per heavy atom. The zero-order valence-electron chi connectivity index (χ0n) is 11.1. The van der Waals surface area contributed by atoms with Gasteiger partial charge in [0.25, 0.3) is 0 Å². The van der Waals surface area contributed by atoms with E-state index in [1.807, 2.05) is 38.1 Å². The summed E-state index contributed by atoms with van der Waals surface area (Å²) in [6, 6.07) is 2.43. The molecule has 0 saturated carbocycles. The van der Waals surface area contributed by atoms with E-state index < -0.39 is 12.0 Å². The van der Waals surface area contributed by atoms with Gasteiger partial charge in [-0.3, -0.25) is 0 Å². The first-order chi connectivity index (χ1) is 9.11. The molecule has 1 aromatic carbocycles. The highest BCUT2D eigenvalue weighted by Gasteiger charge is 2.38. The molecule has 2 unspecified atom stereocenters. The highest BCUT2D eigenvalue weighted by atomic mass is 35.8. The minimum Gasteiger partial charge on any atom is -0.125 e. The van der Waals surface area contributed by atoms with Crippen LogP contribution in [0.1, 0.15) is 48.9 Å². The topological polar surface area (TPSA) is 0 Å². The van der Waals surface area contributed by atoms with Crippen LogP contribution in [0.5, 0.6) is 0 Å². The van der Waals surface area contributed by atoms with Gasteiger partial charge in [-0.25, -0.2) is 0 Å². The summed E-state index contributed by atoms with van der Waals surface area (Å²) in [6.45, 7) is 4.05. The van der Waals surface area contributed by atoms with Crippen LogP contribution in [0.15, 0.2) is 24.3 Å². The maximum absolute atomic E-state index is 6.15. The van der Waals surface area contributed by atoms with Crippen molar-refractivity contribution in [3.05, 3.63) is 35.4 Å². The molecule has 0 spiro atoms. The monoisotopic (exact) mass is 426 g/mol. The summed E-state index contributed by atoms with van der Waals surface area (Å²) in [7, 11) is 0. The molecule has 0 fully saturated rings. The van der Waals surface area contributed by atoms with E-state index in [2.05, 4.69) is 0 Å². The Balaban J connectivity index is 3.04. The Morgan fingerprint density at radius 3 is 1.10 bits per heavy atom. The van der Waals surface area contributed by atoms with E-state index in [1.165, 1.54) is 0 Å². The van der Waals surface area contributed by atoms with Gasteiger partial charge in [0.15, 0.2) is 0 Å². The van der Waals surface area contributed by atoms with Gasteiger partial charge in [0, 0.05) is 11.1 Å². The van der Waals surface area contributed by atoms with Crippen molar-refractivity contribution in [2.45, 2.75) is 37.8 Å². The predicted octanol–water partition coefficient (Wildman–Crippen LogP) is 7.06. The molecular formula is C12H16Cl6Si2. The SMILES string of the molecule is CCC(c1ccc(C(CC)[Si](Cl)(Cl)Cl)cc1)[Si](Cl)(Cl)Cl. The Labute approximate surface area is 150 Å². The van der Waals surface area contributed by atoms with Crippen LogP contribution in [0, 0.1) is 0 Å². The van der Waals surface area contributed by atoms with Crippen molar-refractivity contribution >= 4 is 78.5 Å². The Hall–Kier alpha value is 1.39. The fraction of sp³-hybridized carbons (Fsp3) is 0.500. The van der Waals surface area contributed by atoms with Gasteiger partial charge in [-0.1, -0.05) is 38.1 Å². The lowest BCUT2D eigenvalue weighted by molar-refractivity contribution is 0.855. The van der Waals surface area contributed by atoms with Gasteiger partial charge in [0.2, 0.25) is 0 Å². The molecule has 0 saturated heterocycles. The molecule has 0 radical (unpaired) electrons. The summed E-state index contributed by atoms with van der Waals surface area (Å²) in [4.78, 5) is 0. The second-order valence-electron chi connectivity index (χ2n) is 4.67. The van der Waals surface area contributed by atoms with Gasteiger partial charge < -0.3 is 0 Å². The van der Waals surface area contributed by atoms with E-state index in [9.17, 15) is 0 Å². The summed E-state index contributed by atoms with van der Waals surface area (Å²) in [5.74, 6) is 0. The number of halogens is 6. The van der Waals surface area contributed by atoms with E-state index >= 15 is 0 Å². The van der Waals surface area contributed by atoms with E-state index in [1.54, 1.807) is 0 Å². The predicted molar refractivity (Wildman–Crippen MR) is 99.1 cm³/mol. The van der Waals surface area contributed by atoms with Crippen LogP contribution < -0.4 is 0 Å². The van der Waals surface area contributed by atoms with Gasteiger partial charge in [-0.2, -0.15) is 0 Å². The fourth-order valence-electron chi connectivity index (χ4n) is 2.27. The minimum absolute atomic E-state index is 0.00775. The maximum atomic E-state index is 6.15. The van der Waals surface area contributed by atoms with Crippen molar-refractivity contribution in [1.29, 1.82) is 0 Å². The third-order valence-corrected chi connectivity index (χ3v) is 11.2. The van der Waals surface area contributed by atoms with Crippen molar-refractivity contribution in [2.24, 2.45) is 0 Å². The summed E-state index contributed by atoms with van der Waals surface area (Å²) >= 11 is 36.9. The molecule has 0 heterocycles. The lowest BCUT2D eigenvalue weighted by Crippen LogP contribution is -2.24. The molecule has 1 aromatic rings. The summed E-state index contributed by atoms with van der Waals surface area (Å²) in [5, 5.41) is 0. The Kier molecular flexibility index (Phi) is 7.57. The summed E-state index contributed by atoms with van der Waals surface area (Å²) in [5.41, 5.74) is 2.07. The largest absolute Gasteiger partial charge is 0.348 e. The van der Waals surface area contributed by atoms with Gasteiger partial charge >= 0.3 is 12.0 Å². The van der Waals surface area contributed by atoms with Gasteiger partial charge in [-0.15, -0.1) is 66.5 Å². The standard InChI is InChI=1S/C12H16Cl6Si2/c1-3-11(19(13,14)15)9-5-7-10(8-6-9)12(4-2)20(16,17)18/h5-8,11-12H,3-4H2,1-2H3. The molecule has 0 nitrogen and oxygen atoms in total. The van der Waals surface area contributed by atoms with Crippen molar-refractivity contribution in [3.8, 4) is 0 Å². The zero-order chi connectivity index (χ0) is 15.6. The van der Waals surface area contributed by atoms with Gasteiger partial charge in [0.1, 0.15) is 0 Å². The van der Waals surface area contributed by atoms with Crippen LogP contribution in [-0.4, -0.2) is 12.0 Å². The van der Waals surface area contributed by atoms with Crippen molar-refractivity contribution in [1.82, 2.24) is 0 Å². The molecule has 0 bridgehead atoms. The Bertz CT molecular complexity index is 382. The van der Waals surface area contributed by atoms with Gasteiger partial charge in [0.05, 0.1) is 0 Å².